The van der Waals surface area contributed by atoms with E-state index in [1.54, 1.807) is 12.1 Å². The minimum Gasteiger partial charge on any atom is -0.379 e. The minimum absolute atomic E-state index is 0.190. The Morgan fingerprint density at radius 1 is 1.24 bits per heavy atom. The van der Waals surface area contributed by atoms with Gasteiger partial charge in [-0.05, 0) is 36.4 Å². The predicted octanol–water partition coefficient (Wildman–Crippen LogP) is 2.58. The lowest BCUT2D eigenvalue weighted by atomic mass is 10.2. The summed E-state index contributed by atoms with van der Waals surface area (Å²) < 4.78 is 18.4. The zero-order chi connectivity index (χ0) is 17.5. The van der Waals surface area contributed by atoms with Crippen LogP contribution < -0.4 is 0 Å². The zero-order valence-corrected chi connectivity index (χ0v) is 16.0. The number of nitrogens with zero attached hydrogens (tertiary/aromatic N) is 2. The highest BCUT2D eigenvalue weighted by Crippen LogP contribution is 2.22. The number of benzene rings is 1. The van der Waals surface area contributed by atoms with E-state index < -0.39 is 0 Å². The largest absolute Gasteiger partial charge is 0.379 e. The molecule has 1 amide bonds. The molecule has 7 heteroatoms. The van der Waals surface area contributed by atoms with Crippen LogP contribution in [0.5, 0.6) is 0 Å². The van der Waals surface area contributed by atoms with Gasteiger partial charge in [-0.1, -0.05) is 0 Å². The van der Waals surface area contributed by atoms with Crippen LogP contribution in [-0.4, -0.2) is 78.4 Å². The summed E-state index contributed by atoms with van der Waals surface area (Å²) in [6, 6.07) is 6.62. The van der Waals surface area contributed by atoms with Gasteiger partial charge in [0.1, 0.15) is 5.82 Å². The first-order valence-corrected chi connectivity index (χ1v) is 10.9. The van der Waals surface area contributed by atoms with Crippen molar-refractivity contribution in [1.29, 1.82) is 0 Å². The van der Waals surface area contributed by atoms with Gasteiger partial charge in [-0.15, -0.1) is 11.8 Å². The molecule has 1 aromatic rings. The van der Waals surface area contributed by atoms with Crippen molar-refractivity contribution < 1.29 is 13.9 Å². The minimum atomic E-state index is -0.245. The molecule has 0 bridgehead atoms. The third-order valence-electron chi connectivity index (χ3n) is 4.51. The van der Waals surface area contributed by atoms with Gasteiger partial charge >= 0.3 is 0 Å². The maximum Gasteiger partial charge on any atom is 0.233 e. The van der Waals surface area contributed by atoms with Crippen LogP contribution in [0.15, 0.2) is 29.2 Å². The molecule has 0 saturated carbocycles. The Kier molecular flexibility index (Phi) is 7.46. The molecule has 0 aliphatic carbocycles. The predicted molar refractivity (Wildman–Crippen MR) is 102 cm³/mol. The second-order valence-electron chi connectivity index (χ2n) is 6.33. The number of thioether (sulfide) groups is 2. The molecule has 138 valence electrons. The Bertz CT molecular complexity index is 553. The van der Waals surface area contributed by atoms with Crippen LogP contribution >= 0.6 is 23.5 Å². The van der Waals surface area contributed by atoms with Gasteiger partial charge in [-0.25, -0.2) is 4.39 Å². The first kappa shape index (κ1) is 19.0. The summed E-state index contributed by atoms with van der Waals surface area (Å²) in [4.78, 5) is 18.2. The monoisotopic (exact) mass is 384 g/mol. The van der Waals surface area contributed by atoms with Crippen LogP contribution in [0.1, 0.15) is 6.42 Å². The first-order valence-electron chi connectivity index (χ1n) is 8.78. The molecule has 0 spiro atoms. The topological polar surface area (TPSA) is 32.8 Å². The van der Waals surface area contributed by atoms with E-state index >= 15 is 0 Å². The van der Waals surface area contributed by atoms with Crippen molar-refractivity contribution in [3.05, 3.63) is 30.1 Å². The number of halogens is 1. The van der Waals surface area contributed by atoms with Gasteiger partial charge in [-0.2, -0.15) is 11.8 Å². The smallest absolute Gasteiger partial charge is 0.233 e. The molecular formula is C18H25FN2O2S2. The van der Waals surface area contributed by atoms with Gasteiger partial charge in [0, 0.05) is 36.8 Å². The fraction of sp³-hybridized carbons (Fsp3) is 0.611. The number of hydrogen-bond donors (Lipinski definition) is 0. The first-order chi connectivity index (χ1) is 12.2. The molecule has 1 aromatic carbocycles. The van der Waals surface area contributed by atoms with Crippen LogP contribution in [0.4, 0.5) is 4.39 Å². The summed E-state index contributed by atoms with van der Waals surface area (Å²) >= 11 is 3.44. The van der Waals surface area contributed by atoms with Gasteiger partial charge in [0.25, 0.3) is 0 Å². The highest BCUT2D eigenvalue weighted by atomic mass is 32.2. The molecule has 2 aliphatic heterocycles. The van der Waals surface area contributed by atoms with Gasteiger partial charge in [0.2, 0.25) is 5.91 Å². The number of hydrogen-bond acceptors (Lipinski definition) is 5. The number of rotatable bonds is 5. The fourth-order valence-electron chi connectivity index (χ4n) is 3.15. The SMILES string of the molecule is O=C(CSc1ccc(F)cc1)N1CCCSC[C@H]1CN1CCOCC1. The average Bonchev–Trinajstić information content (AvgIpc) is 2.87. The normalized spacial score (nSPS) is 22.6. The summed E-state index contributed by atoms with van der Waals surface area (Å²) in [5, 5.41) is 0. The Labute approximate surface area is 157 Å². The van der Waals surface area contributed by atoms with E-state index in [1.165, 1.54) is 23.9 Å². The Balaban J connectivity index is 1.57. The Morgan fingerprint density at radius 3 is 2.76 bits per heavy atom. The van der Waals surface area contributed by atoms with E-state index in [1.807, 2.05) is 11.8 Å². The molecule has 2 heterocycles. The molecule has 0 N–H and O–H groups in total. The maximum absolute atomic E-state index is 13.0. The lowest BCUT2D eigenvalue weighted by Crippen LogP contribution is -2.50. The lowest BCUT2D eigenvalue weighted by molar-refractivity contribution is -0.130. The van der Waals surface area contributed by atoms with Crippen molar-refractivity contribution >= 4 is 29.4 Å². The second kappa shape index (κ2) is 9.80. The standard InChI is InChI=1S/C18H25FN2O2S2/c19-15-2-4-17(5-3-15)25-14-18(22)21-6-1-11-24-13-16(21)12-20-7-9-23-10-8-20/h2-5,16H,1,6-14H2/t16-/m1/s1. The molecule has 2 saturated heterocycles. The molecule has 2 aliphatic rings. The number of ether oxygens (including phenoxy) is 1. The van der Waals surface area contributed by atoms with Crippen LogP contribution in [0.2, 0.25) is 0 Å². The van der Waals surface area contributed by atoms with Crippen LogP contribution in [-0.2, 0) is 9.53 Å². The number of carbonyl (C=O) groups excluding carboxylic acids is 1. The van der Waals surface area contributed by atoms with E-state index in [2.05, 4.69) is 9.80 Å². The number of morpholine rings is 1. The van der Waals surface area contributed by atoms with Crippen LogP contribution in [0.25, 0.3) is 0 Å². The van der Waals surface area contributed by atoms with Crippen molar-refractivity contribution in [3.63, 3.8) is 0 Å². The van der Waals surface area contributed by atoms with Gasteiger partial charge in [0.15, 0.2) is 0 Å². The van der Waals surface area contributed by atoms with Crippen LogP contribution in [0, 0.1) is 5.82 Å². The summed E-state index contributed by atoms with van der Waals surface area (Å²) in [7, 11) is 0. The quantitative estimate of drug-likeness (QED) is 0.729. The molecule has 2 fully saturated rings. The molecular weight excluding hydrogens is 359 g/mol. The summed E-state index contributed by atoms with van der Waals surface area (Å²) in [5.74, 6) is 2.48. The van der Waals surface area contributed by atoms with E-state index in [-0.39, 0.29) is 17.8 Å². The number of amides is 1. The van der Waals surface area contributed by atoms with Gasteiger partial charge < -0.3 is 9.64 Å². The highest BCUT2D eigenvalue weighted by molar-refractivity contribution is 8.00. The summed E-state index contributed by atoms with van der Waals surface area (Å²) in [5.41, 5.74) is 0. The number of carbonyl (C=O) groups is 1. The highest BCUT2D eigenvalue weighted by Gasteiger charge is 2.27. The van der Waals surface area contributed by atoms with Crippen molar-refractivity contribution in [2.75, 3.05) is 56.7 Å². The van der Waals surface area contributed by atoms with E-state index in [4.69, 9.17) is 4.74 Å². The second-order valence-corrected chi connectivity index (χ2v) is 8.52. The molecule has 4 nitrogen and oxygen atoms in total. The average molecular weight is 385 g/mol. The maximum atomic E-state index is 13.0. The molecule has 25 heavy (non-hydrogen) atoms. The Morgan fingerprint density at radius 2 is 2.00 bits per heavy atom. The molecule has 0 radical (unpaired) electrons. The van der Waals surface area contributed by atoms with E-state index in [0.717, 1.165) is 62.2 Å². The van der Waals surface area contributed by atoms with Gasteiger partial charge in [0.05, 0.1) is 25.0 Å². The molecule has 1 atom stereocenters. The lowest BCUT2D eigenvalue weighted by Gasteiger charge is -2.35. The summed E-state index contributed by atoms with van der Waals surface area (Å²) in [6.45, 7) is 5.25. The van der Waals surface area contributed by atoms with Crippen molar-refractivity contribution in [1.82, 2.24) is 9.80 Å². The molecule has 3 rings (SSSR count). The van der Waals surface area contributed by atoms with Crippen molar-refractivity contribution in [2.24, 2.45) is 0 Å². The van der Waals surface area contributed by atoms with Crippen LogP contribution in [0.3, 0.4) is 0 Å². The molecule has 0 aromatic heterocycles. The van der Waals surface area contributed by atoms with Crippen molar-refractivity contribution in [2.45, 2.75) is 17.4 Å². The van der Waals surface area contributed by atoms with E-state index in [9.17, 15) is 9.18 Å². The fourth-order valence-corrected chi connectivity index (χ4v) is 4.99. The van der Waals surface area contributed by atoms with E-state index in [0.29, 0.717) is 5.75 Å². The third-order valence-corrected chi connectivity index (χ3v) is 6.70. The van der Waals surface area contributed by atoms with Crippen molar-refractivity contribution in [3.8, 4) is 0 Å². The molecule has 0 unspecified atom stereocenters. The third kappa shape index (κ3) is 5.88. The Hall–Kier alpha value is -0.760. The zero-order valence-electron chi connectivity index (χ0n) is 14.4. The summed E-state index contributed by atoms with van der Waals surface area (Å²) in [6.07, 6.45) is 1.05. The van der Waals surface area contributed by atoms with Gasteiger partial charge in [-0.3, -0.25) is 9.69 Å².